The molecule has 1 aliphatic heterocycles. The molecular formula is C20H33N2O4S+. The molecule has 1 saturated carbocycles. The molecule has 2 aliphatic rings. The van der Waals surface area contributed by atoms with E-state index < -0.39 is 10.0 Å². The van der Waals surface area contributed by atoms with E-state index in [-0.39, 0.29) is 10.4 Å². The summed E-state index contributed by atoms with van der Waals surface area (Å²) in [5.41, 5.74) is 0.0439. The van der Waals surface area contributed by atoms with Crippen LogP contribution in [0.2, 0.25) is 0 Å². The van der Waals surface area contributed by atoms with Gasteiger partial charge in [-0.25, -0.2) is 13.1 Å². The minimum absolute atomic E-state index is 0.0439. The summed E-state index contributed by atoms with van der Waals surface area (Å²) in [4.78, 5) is 1.82. The first-order chi connectivity index (χ1) is 13.0. The number of hydrogen-bond donors (Lipinski definition) is 2. The highest BCUT2D eigenvalue weighted by Gasteiger charge is 2.43. The Labute approximate surface area is 163 Å². The van der Waals surface area contributed by atoms with Crippen molar-refractivity contribution in [2.75, 3.05) is 33.9 Å². The van der Waals surface area contributed by atoms with Gasteiger partial charge in [0, 0.05) is 18.9 Å². The molecule has 0 aromatic heterocycles. The van der Waals surface area contributed by atoms with E-state index in [1.165, 1.54) is 51.7 Å². The summed E-state index contributed by atoms with van der Waals surface area (Å²) in [6, 6.07) is 4.74. The average molecular weight is 398 g/mol. The first kappa shape index (κ1) is 20.4. The second kappa shape index (κ2) is 8.80. The van der Waals surface area contributed by atoms with Gasteiger partial charge in [-0.2, -0.15) is 0 Å². The molecule has 152 valence electrons. The largest absolute Gasteiger partial charge is 0.493 e. The summed E-state index contributed by atoms with van der Waals surface area (Å²) in [7, 11) is -0.540. The van der Waals surface area contributed by atoms with Crippen LogP contribution in [0.5, 0.6) is 11.5 Å². The van der Waals surface area contributed by atoms with Gasteiger partial charge in [0.2, 0.25) is 10.0 Å². The van der Waals surface area contributed by atoms with E-state index in [0.717, 1.165) is 25.9 Å². The summed E-state index contributed by atoms with van der Waals surface area (Å²) in [6.45, 7) is 2.84. The molecule has 0 spiro atoms. The molecule has 1 aromatic carbocycles. The van der Waals surface area contributed by atoms with Gasteiger partial charge in [-0.15, -0.1) is 0 Å². The van der Waals surface area contributed by atoms with Crippen molar-refractivity contribution in [2.45, 2.75) is 61.8 Å². The van der Waals surface area contributed by atoms with Crippen LogP contribution in [0.1, 0.15) is 51.4 Å². The summed E-state index contributed by atoms with van der Waals surface area (Å²) >= 11 is 0. The molecule has 0 amide bonds. The smallest absolute Gasteiger partial charge is 0.240 e. The number of piperidine rings is 1. The lowest BCUT2D eigenvalue weighted by atomic mass is 9.79. The minimum Gasteiger partial charge on any atom is -0.493 e. The van der Waals surface area contributed by atoms with Crippen molar-refractivity contribution >= 4 is 10.0 Å². The van der Waals surface area contributed by atoms with Gasteiger partial charge in [0.1, 0.15) is 5.54 Å². The molecule has 7 heteroatoms. The third-order valence-corrected chi connectivity index (χ3v) is 7.68. The van der Waals surface area contributed by atoms with Crippen LogP contribution in [0.25, 0.3) is 0 Å². The van der Waals surface area contributed by atoms with Crippen LogP contribution >= 0.6 is 0 Å². The van der Waals surface area contributed by atoms with Gasteiger partial charge in [-0.05, 0) is 44.2 Å². The van der Waals surface area contributed by atoms with E-state index in [2.05, 4.69) is 4.72 Å². The summed E-state index contributed by atoms with van der Waals surface area (Å²) in [6.07, 6.45) is 9.67. The number of nitrogens with one attached hydrogen (secondary N) is 2. The van der Waals surface area contributed by atoms with Crippen molar-refractivity contribution in [3.05, 3.63) is 18.2 Å². The maximum atomic E-state index is 13.0. The molecule has 27 heavy (non-hydrogen) atoms. The number of hydrogen-bond acceptors (Lipinski definition) is 4. The van der Waals surface area contributed by atoms with Crippen molar-refractivity contribution in [3.8, 4) is 11.5 Å². The van der Waals surface area contributed by atoms with Crippen LogP contribution in [-0.4, -0.2) is 47.8 Å². The molecule has 0 bridgehead atoms. The van der Waals surface area contributed by atoms with Crippen molar-refractivity contribution in [1.82, 2.24) is 4.72 Å². The summed E-state index contributed by atoms with van der Waals surface area (Å²) in [5.74, 6) is 0.951. The molecule has 0 radical (unpaired) electrons. The Balaban J connectivity index is 1.77. The van der Waals surface area contributed by atoms with E-state index in [4.69, 9.17) is 9.47 Å². The standard InChI is InChI=1S/C20H32N2O4S/c1-25-18-10-9-17(15-19(18)26-2)27(23,24)21-16-20(11-5-3-6-12-20)22-13-7-4-8-14-22/h9-10,15,21H,3-8,11-14,16H2,1-2H3/p+1. The summed E-state index contributed by atoms with van der Waals surface area (Å²) in [5, 5.41) is 0. The third kappa shape index (κ3) is 4.58. The van der Waals surface area contributed by atoms with Gasteiger partial charge in [0.05, 0.1) is 38.7 Å². The third-order valence-electron chi connectivity index (χ3n) is 6.28. The van der Waals surface area contributed by atoms with Crippen LogP contribution < -0.4 is 19.1 Å². The van der Waals surface area contributed by atoms with Crippen molar-refractivity contribution in [1.29, 1.82) is 0 Å². The zero-order valence-corrected chi connectivity index (χ0v) is 17.4. The first-order valence-corrected chi connectivity index (χ1v) is 11.6. The van der Waals surface area contributed by atoms with Crippen molar-refractivity contribution < 1.29 is 22.8 Å². The fourth-order valence-corrected chi connectivity index (χ4v) is 5.84. The SMILES string of the molecule is COc1ccc(S(=O)(=O)NCC2([NH+]3CCCCC3)CCCCC2)cc1OC. The van der Waals surface area contributed by atoms with Gasteiger partial charge >= 0.3 is 0 Å². The Hall–Kier alpha value is -1.31. The average Bonchev–Trinajstić information content (AvgIpc) is 2.73. The van der Waals surface area contributed by atoms with Crippen LogP contribution in [0.4, 0.5) is 0 Å². The molecule has 2 fully saturated rings. The molecule has 3 rings (SSSR count). The molecule has 1 aliphatic carbocycles. The van der Waals surface area contributed by atoms with Crippen LogP contribution in [0, 0.1) is 0 Å². The predicted molar refractivity (Wildman–Crippen MR) is 105 cm³/mol. The summed E-state index contributed by atoms with van der Waals surface area (Å²) < 4.78 is 39.3. The maximum Gasteiger partial charge on any atom is 0.240 e. The van der Waals surface area contributed by atoms with E-state index >= 15 is 0 Å². The quantitative estimate of drug-likeness (QED) is 0.736. The first-order valence-electron chi connectivity index (χ1n) is 10.1. The fourth-order valence-electron chi connectivity index (χ4n) is 4.69. The van der Waals surface area contributed by atoms with E-state index in [9.17, 15) is 8.42 Å². The number of methoxy groups -OCH3 is 2. The van der Waals surface area contributed by atoms with Gasteiger partial charge in [0.15, 0.2) is 11.5 Å². The van der Waals surface area contributed by atoms with Crippen LogP contribution in [0.3, 0.4) is 0 Å². The minimum atomic E-state index is -3.59. The highest BCUT2D eigenvalue weighted by Crippen LogP contribution is 2.30. The second-order valence-electron chi connectivity index (χ2n) is 7.85. The Morgan fingerprint density at radius 2 is 1.59 bits per heavy atom. The number of benzene rings is 1. The lowest BCUT2D eigenvalue weighted by molar-refractivity contribution is -0.957. The normalized spacial score (nSPS) is 21.0. The Morgan fingerprint density at radius 3 is 2.22 bits per heavy atom. The number of ether oxygens (including phenoxy) is 2. The molecule has 1 saturated heterocycles. The molecule has 0 unspecified atom stereocenters. The van der Waals surface area contributed by atoms with E-state index in [0.29, 0.717) is 18.0 Å². The molecule has 1 aromatic rings. The highest BCUT2D eigenvalue weighted by molar-refractivity contribution is 7.89. The topological polar surface area (TPSA) is 69.1 Å². The Morgan fingerprint density at radius 1 is 0.963 bits per heavy atom. The second-order valence-corrected chi connectivity index (χ2v) is 9.61. The van der Waals surface area contributed by atoms with Gasteiger partial charge in [0.25, 0.3) is 0 Å². The maximum absolute atomic E-state index is 13.0. The molecular weight excluding hydrogens is 364 g/mol. The van der Waals surface area contributed by atoms with Gasteiger partial charge in [-0.1, -0.05) is 6.42 Å². The van der Waals surface area contributed by atoms with Crippen molar-refractivity contribution in [3.63, 3.8) is 0 Å². The highest BCUT2D eigenvalue weighted by atomic mass is 32.2. The molecule has 2 N–H and O–H groups in total. The van der Waals surface area contributed by atoms with Crippen LogP contribution in [0.15, 0.2) is 23.1 Å². The zero-order valence-electron chi connectivity index (χ0n) is 16.6. The van der Waals surface area contributed by atoms with Crippen molar-refractivity contribution in [2.24, 2.45) is 0 Å². The number of rotatable bonds is 7. The van der Waals surface area contributed by atoms with Crippen LogP contribution in [-0.2, 0) is 10.0 Å². The monoisotopic (exact) mass is 397 g/mol. The zero-order chi connectivity index (χ0) is 19.3. The molecule has 6 nitrogen and oxygen atoms in total. The lowest BCUT2D eigenvalue weighted by Gasteiger charge is -2.45. The van der Waals surface area contributed by atoms with Gasteiger partial charge in [-0.3, -0.25) is 0 Å². The molecule has 1 heterocycles. The number of quaternary nitrogens is 1. The van der Waals surface area contributed by atoms with E-state index in [1.807, 2.05) is 0 Å². The number of likely N-dealkylation sites (tertiary alicyclic amines) is 1. The lowest BCUT2D eigenvalue weighted by Crippen LogP contribution is -3.22. The fraction of sp³-hybridized carbons (Fsp3) is 0.700. The number of sulfonamides is 1. The Bertz CT molecular complexity index is 723. The Kier molecular flexibility index (Phi) is 6.65. The van der Waals surface area contributed by atoms with Gasteiger partial charge < -0.3 is 14.4 Å². The molecule has 0 atom stereocenters. The van der Waals surface area contributed by atoms with E-state index in [1.54, 1.807) is 24.1 Å². The predicted octanol–water partition coefficient (Wildman–Crippen LogP) is 1.75.